The Bertz CT molecular complexity index is 839. The van der Waals surface area contributed by atoms with Crippen LogP contribution in [0.5, 0.6) is 11.5 Å². The van der Waals surface area contributed by atoms with Gasteiger partial charge in [0.15, 0.2) is 0 Å². The van der Waals surface area contributed by atoms with Gasteiger partial charge in [-0.05, 0) is 36.5 Å². The van der Waals surface area contributed by atoms with Crippen LogP contribution < -0.4 is 20.1 Å². The molecule has 1 heterocycles. The molecule has 0 saturated carbocycles. The summed E-state index contributed by atoms with van der Waals surface area (Å²) < 4.78 is 10.4. The van der Waals surface area contributed by atoms with Crippen molar-refractivity contribution < 1.29 is 24.2 Å². The standard InChI is InChI=1S/C21H25N3O5/c1-28-18-11-17(12-19(13-18)29-2)23-20(25)22-16-5-3-14(4-6-16)15-7-9-24(10-8-15)21(26)27/h3-6,11-13,15H,7-10H2,1-2H3,(H,26,27)(H2,22,23,25). The third-order valence-corrected chi connectivity index (χ3v) is 5.01. The van der Waals surface area contributed by atoms with Crippen molar-refractivity contribution in [2.75, 3.05) is 37.9 Å². The van der Waals surface area contributed by atoms with Crippen LogP contribution in [-0.2, 0) is 0 Å². The molecule has 1 saturated heterocycles. The predicted octanol–water partition coefficient (Wildman–Crippen LogP) is 4.21. The Labute approximate surface area is 169 Å². The van der Waals surface area contributed by atoms with Crippen LogP contribution in [0.15, 0.2) is 42.5 Å². The van der Waals surface area contributed by atoms with E-state index in [-0.39, 0.29) is 6.03 Å². The molecule has 0 aromatic heterocycles. The van der Waals surface area contributed by atoms with Crippen LogP contribution in [0.3, 0.4) is 0 Å². The first kappa shape index (κ1) is 20.3. The zero-order chi connectivity index (χ0) is 20.8. The van der Waals surface area contributed by atoms with Crippen molar-refractivity contribution in [2.24, 2.45) is 0 Å². The van der Waals surface area contributed by atoms with Gasteiger partial charge < -0.3 is 30.1 Å². The summed E-state index contributed by atoms with van der Waals surface area (Å²) in [6.45, 7) is 1.10. The number of carboxylic acid groups (broad SMARTS) is 1. The summed E-state index contributed by atoms with van der Waals surface area (Å²) in [5, 5.41) is 14.6. The molecule has 3 amide bonds. The van der Waals surface area contributed by atoms with Crippen LogP contribution in [0.2, 0.25) is 0 Å². The van der Waals surface area contributed by atoms with Crippen LogP contribution in [0, 0.1) is 0 Å². The second-order valence-corrected chi connectivity index (χ2v) is 6.85. The van der Waals surface area contributed by atoms with E-state index in [1.54, 1.807) is 32.4 Å². The van der Waals surface area contributed by atoms with E-state index in [1.807, 2.05) is 24.3 Å². The number of nitrogens with zero attached hydrogens (tertiary/aromatic N) is 1. The van der Waals surface area contributed by atoms with Gasteiger partial charge in [-0.3, -0.25) is 0 Å². The van der Waals surface area contributed by atoms with Gasteiger partial charge in [-0.2, -0.15) is 0 Å². The van der Waals surface area contributed by atoms with Crippen LogP contribution in [-0.4, -0.2) is 49.4 Å². The van der Waals surface area contributed by atoms with E-state index in [0.717, 1.165) is 18.4 Å². The quantitative estimate of drug-likeness (QED) is 0.699. The number of amides is 3. The number of ether oxygens (including phenoxy) is 2. The van der Waals surface area contributed by atoms with Gasteiger partial charge in [0.05, 0.1) is 14.2 Å². The molecule has 0 aliphatic carbocycles. The van der Waals surface area contributed by atoms with Crippen LogP contribution in [0.25, 0.3) is 0 Å². The largest absolute Gasteiger partial charge is 0.497 e. The summed E-state index contributed by atoms with van der Waals surface area (Å²) in [5.41, 5.74) is 2.38. The summed E-state index contributed by atoms with van der Waals surface area (Å²) in [5.74, 6) is 1.49. The summed E-state index contributed by atoms with van der Waals surface area (Å²) in [4.78, 5) is 24.8. The van der Waals surface area contributed by atoms with E-state index in [1.165, 1.54) is 4.90 Å². The number of hydrogen-bond donors (Lipinski definition) is 3. The zero-order valence-corrected chi connectivity index (χ0v) is 16.5. The number of piperidine rings is 1. The number of benzene rings is 2. The minimum absolute atomic E-state index is 0.331. The molecule has 154 valence electrons. The summed E-state index contributed by atoms with van der Waals surface area (Å²) >= 11 is 0. The lowest BCUT2D eigenvalue weighted by atomic mass is 9.89. The molecule has 2 aromatic rings. The average Bonchev–Trinajstić information content (AvgIpc) is 2.74. The first-order valence-electron chi connectivity index (χ1n) is 9.37. The maximum absolute atomic E-state index is 12.3. The molecule has 1 fully saturated rings. The molecular weight excluding hydrogens is 374 g/mol. The lowest BCUT2D eigenvalue weighted by Crippen LogP contribution is -2.36. The Hall–Kier alpha value is -3.42. The average molecular weight is 399 g/mol. The fraction of sp³-hybridized carbons (Fsp3) is 0.333. The third kappa shape index (κ3) is 5.31. The van der Waals surface area contributed by atoms with Crippen LogP contribution >= 0.6 is 0 Å². The number of likely N-dealkylation sites (tertiary alicyclic amines) is 1. The molecule has 0 radical (unpaired) electrons. The Kier molecular flexibility index (Phi) is 6.43. The van der Waals surface area contributed by atoms with Gasteiger partial charge in [0, 0.05) is 42.7 Å². The van der Waals surface area contributed by atoms with E-state index < -0.39 is 6.09 Å². The first-order valence-corrected chi connectivity index (χ1v) is 9.37. The SMILES string of the molecule is COc1cc(NC(=O)Nc2ccc(C3CCN(C(=O)O)CC3)cc2)cc(OC)c1. The Morgan fingerprint density at radius 3 is 2.00 bits per heavy atom. The van der Waals surface area contributed by atoms with Gasteiger partial charge >= 0.3 is 12.1 Å². The molecule has 1 aliphatic heterocycles. The van der Waals surface area contributed by atoms with Crippen molar-refractivity contribution in [3.8, 4) is 11.5 Å². The molecular formula is C21H25N3O5. The number of urea groups is 1. The molecule has 2 aromatic carbocycles. The minimum atomic E-state index is -0.859. The zero-order valence-electron chi connectivity index (χ0n) is 16.5. The number of carbonyl (C=O) groups is 2. The van der Waals surface area contributed by atoms with E-state index >= 15 is 0 Å². The normalized spacial score (nSPS) is 14.2. The van der Waals surface area contributed by atoms with E-state index in [2.05, 4.69) is 10.6 Å². The molecule has 3 N–H and O–H groups in total. The lowest BCUT2D eigenvalue weighted by molar-refractivity contribution is 0.132. The van der Waals surface area contributed by atoms with Crippen molar-refractivity contribution >= 4 is 23.5 Å². The monoisotopic (exact) mass is 399 g/mol. The Balaban J connectivity index is 1.57. The smallest absolute Gasteiger partial charge is 0.407 e. The fourth-order valence-electron chi connectivity index (χ4n) is 3.42. The molecule has 0 unspecified atom stereocenters. The lowest BCUT2D eigenvalue weighted by Gasteiger charge is -2.30. The molecule has 0 bridgehead atoms. The van der Waals surface area contributed by atoms with Crippen LogP contribution in [0.1, 0.15) is 24.3 Å². The van der Waals surface area contributed by atoms with Gasteiger partial charge in [0.25, 0.3) is 0 Å². The first-order chi connectivity index (χ1) is 14.0. The van der Waals surface area contributed by atoms with Crippen molar-refractivity contribution in [1.29, 1.82) is 0 Å². The number of carbonyl (C=O) groups excluding carboxylic acids is 1. The van der Waals surface area contributed by atoms with Gasteiger partial charge in [-0.15, -0.1) is 0 Å². The highest BCUT2D eigenvalue weighted by molar-refractivity contribution is 6.00. The molecule has 29 heavy (non-hydrogen) atoms. The van der Waals surface area contributed by atoms with Crippen LogP contribution in [0.4, 0.5) is 21.0 Å². The van der Waals surface area contributed by atoms with Crippen molar-refractivity contribution in [3.63, 3.8) is 0 Å². The molecule has 3 rings (SSSR count). The van der Waals surface area contributed by atoms with E-state index in [4.69, 9.17) is 14.6 Å². The summed E-state index contributed by atoms with van der Waals surface area (Å²) in [6.07, 6.45) is 0.747. The van der Waals surface area contributed by atoms with Crippen molar-refractivity contribution in [1.82, 2.24) is 4.90 Å². The Morgan fingerprint density at radius 1 is 0.931 bits per heavy atom. The highest BCUT2D eigenvalue weighted by Gasteiger charge is 2.23. The molecule has 1 aliphatic rings. The highest BCUT2D eigenvalue weighted by atomic mass is 16.5. The second-order valence-electron chi connectivity index (χ2n) is 6.85. The molecule has 8 heteroatoms. The maximum Gasteiger partial charge on any atom is 0.407 e. The number of rotatable bonds is 5. The minimum Gasteiger partial charge on any atom is -0.497 e. The number of anilines is 2. The maximum atomic E-state index is 12.3. The Morgan fingerprint density at radius 2 is 1.48 bits per heavy atom. The number of nitrogens with one attached hydrogen (secondary N) is 2. The topological polar surface area (TPSA) is 100 Å². The van der Waals surface area contributed by atoms with Gasteiger partial charge in [0.2, 0.25) is 0 Å². The van der Waals surface area contributed by atoms with E-state index in [0.29, 0.717) is 41.9 Å². The molecule has 8 nitrogen and oxygen atoms in total. The molecule has 0 spiro atoms. The fourth-order valence-corrected chi connectivity index (χ4v) is 3.42. The summed E-state index contributed by atoms with van der Waals surface area (Å²) in [7, 11) is 3.09. The number of methoxy groups -OCH3 is 2. The van der Waals surface area contributed by atoms with Crippen molar-refractivity contribution in [2.45, 2.75) is 18.8 Å². The third-order valence-electron chi connectivity index (χ3n) is 5.01. The van der Waals surface area contributed by atoms with E-state index in [9.17, 15) is 9.59 Å². The molecule has 0 atom stereocenters. The highest BCUT2D eigenvalue weighted by Crippen LogP contribution is 2.29. The van der Waals surface area contributed by atoms with Gasteiger partial charge in [-0.1, -0.05) is 12.1 Å². The summed E-state index contributed by atoms with van der Waals surface area (Å²) in [6, 6.07) is 12.4. The number of hydrogen-bond acceptors (Lipinski definition) is 4. The second kappa shape index (κ2) is 9.18. The van der Waals surface area contributed by atoms with Gasteiger partial charge in [-0.25, -0.2) is 9.59 Å². The van der Waals surface area contributed by atoms with Gasteiger partial charge in [0.1, 0.15) is 11.5 Å². The van der Waals surface area contributed by atoms with Crippen molar-refractivity contribution in [3.05, 3.63) is 48.0 Å². The predicted molar refractivity (Wildman–Crippen MR) is 110 cm³/mol.